The second-order valence-electron chi connectivity index (χ2n) is 5.27. The lowest BCUT2D eigenvalue weighted by molar-refractivity contribution is 0.0707. The fraction of sp³-hybridized carbons (Fsp3) is 0.385. The summed E-state index contributed by atoms with van der Waals surface area (Å²) >= 11 is 1.18. The van der Waals surface area contributed by atoms with Crippen LogP contribution in [0.15, 0.2) is 12.4 Å². The molecule has 0 saturated heterocycles. The van der Waals surface area contributed by atoms with Crippen molar-refractivity contribution in [2.75, 3.05) is 6.54 Å². The number of halogens is 2. The maximum Gasteiger partial charge on any atom is 0.282 e. The van der Waals surface area contributed by atoms with Crippen molar-refractivity contribution in [2.24, 2.45) is 7.05 Å². The zero-order chi connectivity index (χ0) is 16.1. The topological polar surface area (TPSA) is 68.8 Å². The maximum absolute atomic E-state index is 13.0. The first-order valence-electron chi connectivity index (χ1n) is 6.95. The molecule has 0 fully saturated rings. The predicted octanol–water partition coefficient (Wildman–Crippen LogP) is 1.82. The van der Waals surface area contributed by atoms with Crippen LogP contribution >= 0.6 is 11.3 Å². The van der Waals surface area contributed by atoms with E-state index >= 15 is 0 Å². The van der Waals surface area contributed by atoms with Gasteiger partial charge in [0.1, 0.15) is 22.7 Å². The van der Waals surface area contributed by atoms with Crippen molar-refractivity contribution < 1.29 is 13.6 Å². The minimum absolute atomic E-state index is 0.180. The molecular formula is C13H12F2N6OS. The largest absolute Gasteiger partial charge is 0.329 e. The average molecular weight is 338 g/mol. The zero-order valence-electron chi connectivity index (χ0n) is 12.1. The summed E-state index contributed by atoms with van der Waals surface area (Å²) in [6.07, 6.45) is -1.20. The molecule has 1 aliphatic heterocycles. The molecule has 0 bridgehead atoms. The first-order chi connectivity index (χ1) is 11.0. The molecular weight excluding hydrogens is 326 g/mol. The Bertz CT molecular complexity index is 898. The summed E-state index contributed by atoms with van der Waals surface area (Å²) in [7, 11) is 1.60. The summed E-state index contributed by atoms with van der Waals surface area (Å²) in [6.45, 7) is 1.46. The number of aryl methyl sites for hydroxylation is 1. The normalized spacial score (nSPS) is 14.7. The molecule has 0 N–H and O–H groups in total. The van der Waals surface area contributed by atoms with Gasteiger partial charge < -0.3 is 4.90 Å². The van der Waals surface area contributed by atoms with E-state index in [4.69, 9.17) is 0 Å². The Balaban J connectivity index is 1.67. The number of carbonyl (C=O) groups excluding carboxylic acids is 1. The summed E-state index contributed by atoms with van der Waals surface area (Å²) in [5.41, 5.74) is -0.281. The van der Waals surface area contributed by atoms with Gasteiger partial charge in [-0.25, -0.2) is 18.4 Å². The van der Waals surface area contributed by atoms with Crippen LogP contribution in [-0.2, 0) is 20.1 Å². The van der Waals surface area contributed by atoms with E-state index in [0.29, 0.717) is 34.7 Å². The minimum Gasteiger partial charge on any atom is -0.329 e. The fourth-order valence-corrected chi connectivity index (χ4v) is 3.77. The van der Waals surface area contributed by atoms with Crippen molar-refractivity contribution in [1.29, 1.82) is 0 Å². The molecule has 4 rings (SSSR count). The predicted molar refractivity (Wildman–Crippen MR) is 78.3 cm³/mol. The van der Waals surface area contributed by atoms with Crippen LogP contribution in [0.5, 0.6) is 0 Å². The van der Waals surface area contributed by atoms with Crippen molar-refractivity contribution in [2.45, 2.75) is 19.5 Å². The molecule has 0 unspecified atom stereocenters. The van der Waals surface area contributed by atoms with Gasteiger partial charge in [0.25, 0.3) is 12.3 Å². The highest BCUT2D eigenvalue weighted by atomic mass is 32.1. The highest BCUT2D eigenvalue weighted by Gasteiger charge is 2.27. The Morgan fingerprint density at radius 1 is 1.39 bits per heavy atom. The molecule has 1 amide bonds. The van der Waals surface area contributed by atoms with Crippen molar-refractivity contribution in [3.63, 3.8) is 0 Å². The van der Waals surface area contributed by atoms with Crippen LogP contribution in [0.1, 0.15) is 27.6 Å². The number of carbonyl (C=O) groups is 1. The van der Waals surface area contributed by atoms with Gasteiger partial charge >= 0.3 is 0 Å². The molecule has 7 nitrogen and oxygen atoms in total. The summed E-state index contributed by atoms with van der Waals surface area (Å²) in [5.74, 6) is 0.543. The maximum atomic E-state index is 13.0. The molecule has 120 valence electrons. The molecule has 0 saturated carbocycles. The van der Waals surface area contributed by atoms with E-state index in [0.717, 1.165) is 5.82 Å². The van der Waals surface area contributed by atoms with Gasteiger partial charge in [0.2, 0.25) is 0 Å². The van der Waals surface area contributed by atoms with Crippen molar-refractivity contribution in [3.05, 3.63) is 28.8 Å². The van der Waals surface area contributed by atoms with E-state index in [1.807, 2.05) is 0 Å². The minimum atomic E-state index is -2.66. The van der Waals surface area contributed by atoms with E-state index < -0.39 is 6.43 Å². The van der Waals surface area contributed by atoms with Gasteiger partial charge in [-0.2, -0.15) is 10.2 Å². The molecule has 4 heterocycles. The van der Waals surface area contributed by atoms with E-state index in [2.05, 4.69) is 15.2 Å². The second kappa shape index (κ2) is 5.08. The lowest BCUT2D eigenvalue weighted by Crippen LogP contribution is -2.38. The SMILES string of the molecule is Cn1nc(C(F)F)c2cc(C(=O)N3CCn4ncnc4C3)sc21. The lowest BCUT2D eigenvalue weighted by atomic mass is 10.2. The first kappa shape index (κ1) is 14.2. The number of fused-ring (bicyclic) bond motifs is 2. The monoisotopic (exact) mass is 338 g/mol. The lowest BCUT2D eigenvalue weighted by Gasteiger charge is -2.26. The first-order valence-corrected chi connectivity index (χ1v) is 7.77. The van der Waals surface area contributed by atoms with Crippen LogP contribution in [0.4, 0.5) is 8.78 Å². The number of hydrogen-bond acceptors (Lipinski definition) is 5. The fourth-order valence-electron chi connectivity index (χ4n) is 2.72. The van der Waals surface area contributed by atoms with Crippen molar-refractivity contribution in [3.8, 4) is 0 Å². The Morgan fingerprint density at radius 2 is 2.22 bits per heavy atom. The molecule has 0 atom stereocenters. The second-order valence-corrected chi connectivity index (χ2v) is 6.30. The van der Waals surface area contributed by atoms with Gasteiger partial charge in [-0.05, 0) is 6.07 Å². The van der Waals surface area contributed by atoms with Crippen LogP contribution in [0, 0.1) is 0 Å². The Morgan fingerprint density at radius 3 is 3.00 bits per heavy atom. The number of amides is 1. The number of rotatable bonds is 2. The van der Waals surface area contributed by atoms with Crippen LogP contribution in [0.2, 0.25) is 0 Å². The van der Waals surface area contributed by atoms with Gasteiger partial charge in [-0.1, -0.05) is 0 Å². The standard InChI is InChI=1S/C13H12F2N6OS/c1-19-13-7(10(18-19)11(14)15)4-8(23-13)12(22)20-2-3-21-9(5-20)16-6-17-21/h4,6,11H,2-3,5H2,1H3. The van der Waals surface area contributed by atoms with Gasteiger partial charge in [-0.15, -0.1) is 11.3 Å². The van der Waals surface area contributed by atoms with Crippen molar-refractivity contribution in [1.82, 2.24) is 29.4 Å². The third kappa shape index (κ3) is 2.21. The van der Waals surface area contributed by atoms with E-state index in [1.165, 1.54) is 28.4 Å². The van der Waals surface area contributed by atoms with Crippen LogP contribution in [0.25, 0.3) is 10.2 Å². The molecule has 0 aromatic carbocycles. The molecule has 23 heavy (non-hydrogen) atoms. The van der Waals surface area contributed by atoms with Gasteiger partial charge in [0.05, 0.1) is 18.0 Å². The van der Waals surface area contributed by atoms with Gasteiger partial charge in [0.15, 0.2) is 0 Å². The number of thiophene rings is 1. The van der Waals surface area contributed by atoms with Crippen LogP contribution < -0.4 is 0 Å². The summed E-state index contributed by atoms with van der Waals surface area (Å²) in [5, 5.41) is 8.23. The van der Waals surface area contributed by atoms with E-state index in [9.17, 15) is 13.6 Å². The summed E-state index contributed by atoms with van der Waals surface area (Å²) < 4.78 is 29.2. The van der Waals surface area contributed by atoms with Crippen molar-refractivity contribution >= 4 is 27.5 Å². The molecule has 0 spiro atoms. The molecule has 0 aliphatic carbocycles. The summed E-state index contributed by atoms with van der Waals surface area (Å²) in [4.78, 5) is 19.4. The third-order valence-corrected chi connectivity index (χ3v) is 5.04. The van der Waals surface area contributed by atoms with Gasteiger partial charge in [-0.3, -0.25) is 9.48 Å². The highest BCUT2D eigenvalue weighted by Crippen LogP contribution is 2.33. The van der Waals surface area contributed by atoms with E-state index in [1.54, 1.807) is 16.6 Å². The number of nitrogens with zero attached hydrogens (tertiary/aromatic N) is 6. The third-order valence-electron chi connectivity index (χ3n) is 3.85. The molecule has 10 heteroatoms. The molecule has 0 radical (unpaired) electrons. The van der Waals surface area contributed by atoms with Gasteiger partial charge in [0, 0.05) is 19.0 Å². The Hall–Kier alpha value is -2.36. The molecule has 3 aromatic rings. The quantitative estimate of drug-likeness (QED) is 0.715. The average Bonchev–Trinajstić information content (AvgIpc) is 3.21. The zero-order valence-corrected chi connectivity index (χ0v) is 12.9. The number of alkyl halides is 2. The smallest absolute Gasteiger partial charge is 0.282 e. The number of hydrogen-bond donors (Lipinski definition) is 0. The molecule has 3 aromatic heterocycles. The Labute approximate surface area is 133 Å². The van der Waals surface area contributed by atoms with Crippen LogP contribution in [-0.4, -0.2) is 41.9 Å². The van der Waals surface area contributed by atoms with Crippen LogP contribution in [0.3, 0.4) is 0 Å². The highest BCUT2D eigenvalue weighted by molar-refractivity contribution is 7.20. The molecule has 1 aliphatic rings. The Kier molecular flexibility index (Phi) is 3.15. The summed E-state index contributed by atoms with van der Waals surface area (Å²) in [6, 6.07) is 1.51. The number of aromatic nitrogens is 5. The van der Waals surface area contributed by atoms with E-state index in [-0.39, 0.29) is 11.6 Å².